The van der Waals surface area contributed by atoms with Gasteiger partial charge in [0.1, 0.15) is 5.82 Å². The molecule has 1 heterocycles. The lowest BCUT2D eigenvalue weighted by Gasteiger charge is -2.11. The van der Waals surface area contributed by atoms with Crippen molar-refractivity contribution in [2.75, 3.05) is 0 Å². The van der Waals surface area contributed by atoms with E-state index in [9.17, 15) is 13.2 Å². The number of hydrogen-bond donors (Lipinski definition) is 1. The van der Waals surface area contributed by atoms with Gasteiger partial charge >= 0.3 is 0 Å². The number of carbonyl (C=O) groups is 1. The molecule has 0 aliphatic heterocycles. The Labute approximate surface area is 222 Å². The van der Waals surface area contributed by atoms with Crippen molar-refractivity contribution in [3.8, 4) is 11.8 Å². The van der Waals surface area contributed by atoms with Crippen molar-refractivity contribution in [3.63, 3.8) is 0 Å². The maximum Gasteiger partial charge on any atom is 0.265 e. The third-order valence-electron chi connectivity index (χ3n) is 6.03. The van der Waals surface area contributed by atoms with Gasteiger partial charge in [0.25, 0.3) is 15.9 Å². The molecule has 190 valence electrons. The van der Waals surface area contributed by atoms with Gasteiger partial charge in [-0.25, -0.2) is 18.1 Å². The largest absolute Gasteiger partial charge is 0.324 e. The molecule has 8 heteroatoms. The average Bonchev–Trinajstić information content (AvgIpc) is 3.17. The summed E-state index contributed by atoms with van der Waals surface area (Å²) in [7, 11) is -4.00. The molecule has 0 atom stereocenters. The number of sulfonamides is 1. The molecule has 0 radical (unpaired) electrons. The maximum absolute atomic E-state index is 12.9. The summed E-state index contributed by atoms with van der Waals surface area (Å²) in [6.07, 6.45) is 3.04. The fourth-order valence-corrected chi connectivity index (χ4v) is 5.11. The zero-order valence-corrected chi connectivity index (χ0v) is 22.6. The molecule has 37 heavy (non-hydrogen) atoms. The number of fused-ring (bicyclic) bond motifs is 1. The quantitative estimate of drug-likeness (QED) is 0.233. The second kappa shape index (κ2) is 11.2. The second-order valence-corrected chi connectivity index (χ2v) is 11.0. The summed E-state index contributed by atoms with van der Waals surface area (Å²) in [5.41, 5.74) is 4.30. The molecule has 6 nitrogen and oxygen atoms in total. The Morgan fingerprint density at radius 3 is 2.51 bits per heavy atom. The molecule has 0 unspecified atom stereocenters. The molecule has 1 N–H and O–H groups in total. The topological polar surface area (TPSA) is 81.1 Å². The van der Waals surface area contributed by atoms with Gasteiger partial charge in [-0.2, -0.15) is 0 Å². The normalized spacial score (nSPS) is 11.2. The molecular weight excluding hydrogens is 506 g/mol. The standard InChI is InChI=1S/C29H28ClN3O3S/c1-4-5-6-7-8-22-11-12-24(26(30)17-22)19-33-21(3)31-27-16-13-23(18-28(27)33)29(34)32-37(35,36)25-14-9-20(2)10-15-25/h9-18H,4-6,19H2,1-3H3,(H,32,34). The number of nitrogens with zero attached hydrogens (tertiary/aromatic N) is 2. The lowest BCUT2D eigenvalue weighted by Crippen LogP contribution is -2.30. The summed E-state index contributed by atoms with van der Waals surface area (Å²) in [4.78, 5) is 17.5. The van der Waals surface area contributed by atoms with Crippen molar-refractivity contribution in [3.05, 3.63) is 93.8 Å². The predicted molar refractivity (Wildman–Crippen MR) is 147 cm³/mol. The smallest absolute Gasteiger partial charge is 0.265 e. The van der Waals surface area contributed by atoms with E-state index in [4.69, 9.17) is 11.6 Å². The Kier molecular flexibility index (Phi) is 8.01. The predicted octanol–water partition coefficient (Wildman–Crippen LogP) is 6.02. The molecule has 0 saturated heterocycles. The zero-order chi connectivity index (χ0) is 26.6. The van der Waals surface area contributed by atoms with Crippen LogP contribution < -0.4 is 4.72 Å². The first-order valence-corrected chi connectivity index (χ1v) is 13.9. The van der Waals surface area contributed by atoms with E-state index in [1.807, 2.05) is 36.6 Å². The molecule has 1 aromatic heterocycles. The molecule has 0 aliphatic rings. The van der Waals surface area contributed by atoms with Crippen molar-refractivity contribution < 1.29 is 13.2 Å². The minimum Gasteiger partial charge on any atom is -0.324 e. The first kappa shape index (κ1) is 26.5. The van der Waals surface area contributed by atoms with Crippen LogP contribution in [0.1, 0.15) is 59.1 Å². The molecule has 0 saturated carbocycles. The van der Waals surface area contributed by atoms with Crippen LogP contribution in [0, 0.1) is 25.7 Å². The number of benzene rings is 3. The Morgan fingerprint density at radius 1 is 1.05 bits per heavy atom. The number of carbonyl (C=O) groups excluding carboxylic acids is 1. The molecule has 0 spiro atoms. The summed E-state index contributed by atoms with van der Waals surface area (Å²) in [5.74, 6) is 6.36. The van der Waals surface area contributed by atoms with Crippen LogP contribution >= 0.6 is 11.6 Å². The lowest BCUT2D eigenvalue weighted by molar-refractivity contribution is 0.0981. The third-order valence-corrected chi connectivity index (χ3v) is 7.73. The van der Waals surface area contributed by atoms with Crippen LogP contribution in [0.3, 0.4) is 0 Å². The van der Waals surface area contributed by atoms with Crippen LogP contribution in [-0.2, 0) is 16.6 Å². The SMILES string of the molecule is CCCCC#Cc1ccc(Cn2c(C)nc3ccc(C(=O)NS(=O)(=O)c4ccc(C)cc4)cc32)c(Cl)c1. The van der Waals surface area contributed by atoms with E-state index in [0.29, 0.717) is 22.6 Å². The molecule has 0 fully saturated rings. The fourth-order valence-electron chi connectivity index (χ4n) is 3.89. The highest BCUT2D eigenvalue weighted by atomic mass is 35.5. The second-order valence-electron chi connectivity index (χ2n) is 8.91. The molecule has 3 aromatic carbocycles. The summed E-state index contributed by atoms with van der Waals surface area (Å²) in [6.45, 7) is 6.32. The summed E-state index contributed by atoms with van der Waals surface area (Å²) in [5, 5.41) is 0.599. The summed E-state index contributed by atoms with van der Waals surface area (Å²) < 4.78 is 29.5. The minimum atomic E-state index is -4.00. The van der Waals surface area contributed by atoms with E-state index in [2.05, 4.69) is 28.5 Å². The number of halogens is 1. The van der Waals surface area contributed by atoms with Crippen LogP contribution in [0.4, 0.5) is 0 Å². The van der Waals surface area contributed by atoms with Gasteiger partial charge in [0, 0.05) is 22.6 Å². The van der Waals surface area contributed by atoms with Crippen LogP contribution in [0.2, 0.25) is 5.02 Å². The monoisotopic (exact) mass is 533 g/mol. The molecular formula is C29H28ClN3O3S. The lowest BCUT2D eigenvalue weighted by atomic mass is 10.1. The summed E-state index contributed by atoms with van der Waals surface area (Å²) in [6, 6.07) is 17.0. The van der Waals surface area contributed by atoms with Gasteiger partial charge in [0.2, 0.25) is 0 Å². The third kappa shape index (κ3) is 6.22. The number of imidazole rings is 1. The summed E-state index contributed by atoms with van der Waals surface area (Å²) >= 11 is 6.58. The van der Waals surface area contributed by atoms with Crippen LogP contribution in [0.15, 0.2) is 65.6 Å². The van der Waals surface area contributed by atoms with Crippen molar-refractivity contribution >= 4 is 38.6 Å². The van der Waals surface area contributed by atoms with E-state index in [1.165, 1.54) is 12.1 Å². The van der Waals surface area contributed by atoms with Crippen molar-refractivity contribution in [2.24, 2.45) is 0 Å². The highest BCUT2D eigenvalue weighted by Gasteiger charge is 2.20. The minimum absolute atomic E-state index is 0.0292. The molecule has 0 bridgehead atoms. The van der Waals surface area contributed by atoms with Crippen LogP contribution in [0.25, 0.3) is 11.0 Å². The number of aromatic nitrogens is 2. The number of nitrogens with one attached hydrogen (secondary N) is 1. The van der Waals surface area contributed by atoms with Crippen molar-refractivity contribution in [2.45, 2.75) is 51.5 Å². The average molecular weight is 534 g/mol. The molecule has 1 amide bonds. The maximum atomic E-state index is 12.9. The van der Waals surface area contributed by atoms with E-state index >= 15 is 0 Å². The number of rotatable bonds is 7. The van der Waals surface area contributed by atoms with Crippen LogP contribution in [0.5, 0.6) is 0 Å². The van der Waals surface area contributed by atoms with E-state index in [0.717, 1.165) is 41.8 Å². The van der Waals surface area contributed by atoms with Crippen molar-refractivity contribution in [1.29, 1.82) is 0 Å². The Morgan fingerprint density at radius 2 is 1.81 bits per heavy atom. The van der Waals surface area contributed by atoms with Gasteiger partial charge in [0.05, 0.1) is 22.5 Å². The van der Waals surface area contributed by atoms with Gasteiger partial charge in [-0.1, -0.05) is 60.5 Å². The molecule has 0 aliphatic carbocycles. The number of hydrogen-bond acceptors (Lipinski definition) is 4. The van der Waals surface area contributed by atoms with Crippen LogP contribution in [-0.4, -0.2) is 23.9 Å². The molecule has 4 aromatic rings. The van der Waals surface area contributed by atoms with Gasteiger partial charge in [-0.05, 0) is 68.3 Å². The van der Waals surface area contributed by atoms with Gasteiger partial charge in [-0.3, -0.25) is 4.79 Å². The first-order valence-electron chi connectivity index (χ1n) is 12.1. The highest BCUT2D eigenvalue weighted by Crippen LogP contribution is 2.24. The van der Waals surface area contributed by atoms with Gasteiger partial charge < -0.3 is 4.57 Å². The Hall–Kier alpha value is -3.60. The van der Waals surface area contributed by atoms with Crippen molar-refractivity contribution in [1.82, 2.24) is 14.3 Å². The highest BCUT2D eigenvalue weighted by molar-refractivity contribution is 7.90. The number of unbranched alkanes of at least 4 members (excludes halogenated alkanes) is 2. The van der Waals surface area contributed by atoms with Gasteiger partial charge in [0.15, 0.2) is 0 Å². The number of aryl methyl sites for hydroxylation is 2. The van der Waals surface area contributed by atoms with E-state index in [-0.39, 0.29) is 10.5 Å². The van der Waals surface area contributed by atoms with E-state index in [1.54, 1.807) is 30.3 Å². The Balaban J connectivity index is 1.59. The number of amides is 1. The molecule has 4 rings (SSSR count). The zero-order valence-electron chi connectivity index (χ0n) is 21.0. The Bertz CT molecular complexity index is 1630. The van der Waals surface area contributed by atoms with Gasteiger partial charge in [-0.15, -0.1) is 0 Å². The fraction of sp³-hybridized carbons (Fsp3) is 0.241. The first-order chi connectivity index (χ1) is 17.7. The van der Waals surface area contributed by atoms with E-state index < -0.39 is 15.9 Å².